The van der Waals surface area contributed by atoms with E-state index in [1.54, 1.807) is 11.8 Å². The predicted molar refractivity (Wildman–Crippen MR) is 326 cm³/mol. The summed E-state index contributed by atoms with van der Waals surface area (Å²) in [6.45, 7) is 7.97. The second kappa shape index (κ2) is 32.1. The van der Waals surface area contributed by atoms with Gasteiger partial charge in [-0.1, -0.05) is 138 Å². The van der Waals surface area contributed by atoms with E-state index < -0.39 is 68.9 Å². The van der Waals surface area contributed by atoms with Crippen LogP contribution < -0.4 is 27.0 Å². The number of methoxy groups -OCH3 is 2. The van der Waals surface area contributed by atoms with Crippen LogP contribution in [0.5, 0.6) is 0 Å². The Labute approximate surface area is 518 Å². The third kappa shape index (κ3) is 17.9. The van der Waals surface area contributed by atoms with E-state index in [4.69, 9.17) is 25.1 Å². The number of carbonyl (C=O) groups is 9. The maximum absolute atomic E-state index is 13.6. The normalized spacial score (nSPS) is 25.2. The van der Waals surface area contributed by atoms with Crippen LogP contribution in [0.2, 0.25) is 0 Å². The van der Waals surface area contributed by atoms with Gasteiger partial charge in [-0.2, -0.15) is 0 Å². The lowest BCUT2D eigenvalue weighted by atomic mass is 9.77. The summed E-state index contributed by atoms with van der Waals surface area (Å²) in [5, 5.41) is 29.6. The third-order valence-corrected chi connectivity index (χ3v) is 18.9. The van der Waals surface area contributed by atoms with Crippen LogP contribution in [0.25, 0.3) is 0 Å². The zero-order valence-electron chi connectivity index (χ0n) is 51.8. The Hall–Kier alpha value is -6.52. The number of carboxylic acid groups (broad SMARTS) is 2. The monoisotopic (exact) mass is 1240 g/mol. The highest BCUT2D eigenvalue weighted by atomic mass is 35.5. The summed E-state index contributed by atoms with van der Waals surface area (Å²) in [5.41, 5.74) is 1.72. The van der Waals surface area contributed by atoms with Crippen LogP contribution in [0.15, 0.2) is 60.7 Å². The Bertz CT molecular complexity index is 2640. The van der Waals surface area contributed by atoms with E-state index in [1.807, 2.05) is 79.4 Å². The van der Waals surface area contributed by atoms with E-state index in [0.717, 1.165) is 140 Å². The lowest BCUT2D eigenvalue weighted by molar-refractivity contribution is -0.161. The van der Waals surface area contributed by atoms with Gasteiger partial charge in [-0.05, 0) is 128 Å². The van der Waals surface area contributed by atoms with Crippen molar-refractivity contribution < 1.29 is 72.3 Å². The van der Waals surface area contributed by atoms with Crippen LogP contribution >= 0.6 is 12.4 Å². The molecular formula is C64H96ClN7O15. The first-order valence-electron chi connectivity index (χ1n) is 31.1. The molecule has 0 bridgehead atoms. The summed E-state index contributed by atoms with van der Waals surface area (Å²) in [5.74, 6) is -2.35. The molecule has 1 spiro atoms. The SMILES string of the molecule is COC(=O)[C@]1(C)CCCN1.COC(=O)[C@]1(C)CCCN1C(=O)C1(NC(=O)OCc2ccccc2)CCCCC1.C[C@@]12CCCN1C(=O)C1(CCCCC1)NC2=O.Cl.NC1(C(=O)O)CCCCC1.O=C(NC1(C(=O)O)CCCCC1)OCc1ccccc1. The molecule has 2 aromatic rings. The molecule has 0 radical (unpaired) electrons. The van der Waals surface area contributed by atoms with Gasteiger partial charge in [0.2, 0.25) is 17.7 Å². The minimum atomic E-state index is -1.16. The molecule has 8 fully saturated rings. The number of hydrogen-bond acceptors (Lipinski definition) is 15. The fraction of sp³-hybridized carbons (Fsp3) is 0.672. The van der Waals surface area contributed by atoms with Crippen molar-refractivity contribution in [2.45, 2.75) is 240 Å². The van der Waals surface area contributed by atoms with Crippen molar-refractivity contribution in [1.29, 1.82) is 0 Å². The molecular weight excluding hydrogens is 1140 g/mol. The lowest BCUT2D eigenvalue weighted by Crippen LogP contribution is -2.73. The van der Waals surface area contributed by atoms with E-state index in [0.29, 0.717) is 51.5 Å². The quantitative estimate of drug-likeness (QED) is 0.0818. The fourth-order valence-electron chi connectivity index (χ4n) is 13.4. The number of amides is 5. The van der Waals surface area contributed by atoms with Gasteiger partial charge < -0.3 is 66.0 Å². The smallest absolute Gasteiger partial charge is 0.408 e. The third-order valence-electron chi connectivity index (χ3n) is 18.9. The molecule has 87 heavy (non-hydrogen) atoms. The molecule has 10 rings (SSSR count). The molecule has 4 aliphatic carbocycles. The van der Waals surface area contributed by atoms with Gasteiger partial charge >= 0.3 is 36.1 Å². The second-order valence-electron chi connectivity index (χ2n) is 25.1. The average molecular weight is 1240 g/mol. The number of halogens is 1. The summed E-state index contributed by atoms with van der Waals surface area (Å²) in [6, 6.07) is 18.7. The maximum Gasteiger partial charge on any atom is 0.408 e. The largest absolute Gasteiger partial charge is 0.480 e. The molecule has 2 aromatic carbocycles. The Kier molecular flexibility index (Phi) is 26.3. The Morgan fingerprint density at radius 3 is 1.46 bits per heavy atom. The number of carbonyl (C=O) groups excluding carboxylic acids is 7. The van der Waals surface area contributed by atoms with Crippen molar-refractivity contribution >= 4 is 66.2 Å². The number of alkyl carbamates (subject to hydrolysis) is 2. The first-order chi connectivity index (χ1) is 41.0. The van der Waals surface area contributed by atoms with Gasteiger partial charge in [0.05, 0.1) is 14.2 Å². The molecule has 0 aromatic heterocycles. The van der Waals surface area contributed by atoms with Gasteiger partial charge in [-0.25, -0.2) is 19.2 Å². The molecule has 23 heteroatoms. The van der Waals surface area contributed by atoms with Gasteiger partial charge in [-0.15, -0.1) is 12.4 Å². The van der Waals surface area contributed by atoms with Gasteiger partial charge in [0.15, 0.2) is 0 Å². The molecule has 8 N–H and O–H groups in total. The molecule has 4 heterocycles. The van der Waals surface area contributed by atoms with Gasteiger partial charge in [0.1, 0.15) is 52.0 Å². The number of likely N-dealkylation sites (tertiary alicyclic amines) is 1. The molecule has 5 amide bonds. The standard InChI is InChI=1S/C22H30N2O5.C15H19NO4.C13H20N2O2.2C7H13NO2.ClH/c1-21(19(26)28-2)12-9-15-24(21)18(25)22(13-7-4-8-14-22)23-20(27)29-16-17-10-5-3-6-11-17;17-13(18)15(9-5-2-6-10-15)16-14(19)20-11-12-7-3-1-4-8-12;1-12-6-5-9-15(12)11(17)13(14-10(12)16)7-3-2-4-8-13;1-7(6(9)10-2)4-3-5-8-7;8-7(6(9)10)4-2-1-3-5-7;/h3,5-6,10-11H,4,7-9,12-16H2,1-2H3,(H,23,27);1,3-4,7-8H,2,5-6,9-11H2,(H,16,19)(H,17,18);2-9H2,1H3,(H,14,16);8H,3-5H2,1-2H3;1-5,8H2,(H,9,10);1H/t21-;;12-;7-;;/m0.00../s1. The highest BCUT2D eigenvalue weighted by Gasteiger charge is 2.58. The molecule has 3 atom stereocenters. The van der Waals surface area contributed by atoms with Crippen molar-refractivity contribution in [2.75, 3.05) is 33.9 Å². The Balaban J connectivity index is 0.000000209. The summed E-state index contributed by atoms with van der Waals surface area (Å²) in [6.07, 6.45) is 20.3. The summed E-state index contributed by atoms with van der Waals surface area (Å²) in [7, 11) is 2.76. The second-order valence-corrected chi connectivity index (χ2v) is 25.1. The Morgan fingerprint density at radius 1 is 0.552 bits per heavy atom. The van der Waals surface area contributed by atoms with Crippen molar-refractivity contribution in [1.82, 2.24) is 31.1 Å². The number of aliphatic carboxylic acids is 2. The highest BCUT2D eigenvalue weighted by Crippen LogP contribution is 2.41. The molecule has 4 saturated heterocycles. The maximum atomic E-state index is 13.6. The Morgan fingerprint density at radius 2 is 1.01 bits per heavy atom. The fourth-order valence-corrected chi connectivity index (χ4v) is 13.4. The topological polar surface area (TPSA) is 312 Å². The number of nitrogens with two attached hydrogens (primary N) is 1. The number of benzene rings is 2. The van der Waals surface area contributed by atoms with Crippen LogP contribution in [-0.4, -0.2) is 146 Å². The first kappa shape index (κ1) is 71.2. The molecule has 8 aliphatic rings. The van der Waals surface area contributed by atoms with Crippen LogP contribution in [-0.2, 0) is 65.7 Å². The zero-order chi connectivity index (χ0) is 62.7. The van der Waals surface area contributed by atoms with E-state index in [-0.39, 0.29) is 49.3 Å². The number of esters is 2. The molecule has 0 unspecified atom stereocenters. The lowest BCUT2D eigenvalue weighted by Gasteiger charge is -2.49. The van der Waals surface area contributed by atoms with Crippen LogP contribution in [0, 0.1) is 0 Å². The number of fused-ring (bicyclic) bond motifs is 1. The number of ether oxygens (including phenoxy) is 4. The summed E-state index contributed by atoms with van der Waals surface area (Å²) in [4.78, 5) is 112. The van der Waals surface area contributed by atoms with E-state index in [1.165, 1.54) is 20.6 Å². The van der Waals surface area contributed by atoms with Crippen molar-refractivity contribution in [3.05, 3.63) is 71.8 Å². The van der Waals surface area contributed by atoms with Gasteiger partial charge in [0, 0.05) is 13.1 Å². The molecule has 4 saturated carbocycles. The predicted octanol–water partition coefficient (Wildman–Crippen LogP) is 8.53. The molecule has 22 nitrogen and oxygen atoms in total. The van der Waals surface area contributed by atoms with E-state index in [9.17, 15) is 48.3 Å². The number of hydrogen-bond donors (Lipinski definition) is 7. The number of nitrogens with one attached hydrogen (secondary N) is 4. The van der Waals surface area contributed by atoms with Crippen LogP contribution in [0.4, 0.5) is 9.59 Å². The highest BCUT2D eigenvalue weighted by molar-refractivity contribution is 6.02. The van der Waals surface area contributed by atoms with Crippen molar-refractivity contribution in [2.24, 2.45) is 5.73 Å². The average Bonchev–Trinajstić information content (AvgIpc) is 1.81. The number of rotatable bonds is 11. The van der Waals surface area contributed by atoms with Gasteiger partial charge in [0.25, 0.3) is 0 Å². The van der Waals surface area contributed by atoms with Crippen molar-refractivity contribution in [3.8, 4) is 0 Å². The number of piperazine rings is 1. The van der Waals surface area contributed by atoms with Gasteiger partial charge in [-0.3, -0.25) is 24.0 Å². The van der Waals surface area contributed by atoms with Crippen LogP contribution in [0.1, 0.15) is 199 Å². The summed E-state index contributed by atoms with van der Waals surface area (Å²) >= 11 is 0. The summed E-state index contributed by atoms with van der Waals surface area (Å²) < 4.78 is 20.1. The zero-order valence-corrected chi connectivity index (χ0v) is 52.6. The first-order valence-corrected chi connectivity index (χ1v) is 31.1. The van der Waals surface area contributed by atoms with E-state index in [2.05, 4.69) is 26.0 Å². The van der Waals surface area contributed by atoms with E-state index >= 15 is 0 Å². The number of nitrogens with zero attached hydrogens (tertiary/aromatic N) is 2. The van der Waals surface area contributed by atoms with Crippen LogP contribution in [0.3, 0.4) is 0 Å². The minimum absolute atomic E-state index is 0. The molecule has 4 aliphatic heterocycles. The molecule has 484 valence electrons. The van der Waals surface area contributed by atoms with Crippen molar-refractivity contribution in [3.63, 3.8) is 0 Å². The minimum Gasteiger partial charge on any atom is -0.480 e. The number of carboxylic acids is 2.